The highest BCUT2D eigenvalue weighted by Crippen LogP contribution is 2.40. The minimum atomic E-state index is 0.0835. The zero-order valence-corrected chi connectivity index (χ0v) is 8.60. The van der Waals surface area contributed by atoms with Gasteiger partial charge in [-0.25, -0.2) is 0 Å². The Hall–Kier alpha value is -0.930. The van der Waals surface area contributed by atoms with Gasteiger partial charge in [-0.3, -0.25) is 0 Å². The summed E-state index contributed by atoms with van der Waals surface area (Å²) in [6, 6.07) is 1.74. The predicted molar refractivity (Wildman–Crippen MR) is 53.1 cm³/mol. The maximum absolute atomic E-state index is 8.89. The van der Waals surface area contributed by atoms with E-state index in [0.29, 0.717) is 17.2 Å². The molecule has 0 amide bonds. The molecule has 0 radical (unpaired) electrons. The van der Waals surface area contributed by atoms with Crippen molar-refractivity contribution in [1.82, 2.24) is 0 Å². The Kier molecular flexibility index (Phi) is 2.52. The average molecular weight is 215 g/mol. The molecular weight excluding hydrogens is 204 g/mol. The Labute approximate surface area is 87.2 Å². The van der Waals surface area contributed by atoms with Crippen molar-refractivity contribution in [1.29, 1.82) is 0 Å². The van der Waals surface area contributed by atoms with Gasteiger partial charge in [0.05, 0.1) is 0 Å². The van der Waals surface area contributed by atoms with Gasteiger partial charge in [0.25, 0.3) is 0 Å². The molecule has 1 aliphatic rings. The summed E-state index contributed by atoms with van der Waals surface area (Å²) in [6.45, 7) is 2.25. The fraction of sp³-hybridized carbons (Fsp3) is 0.400. The maximum Gasteiger partial charge on any atom is 0.231 e. The van der Waals surface area contributed by atoms with E-state index in [1.54, 1.807) is 6.07 Å². The van der Waals surface area contributed by atoms with E-state index in [9.17, 15) is 0 Å². The largest absolute Gasteiger partial charge is 0.454 e. The lowest BCUT2D eigenvalue weighted by Gasteiger charge is -2.09. The predicted octanol–water partition coefficient (Wildman–Crippen LogP) is 1.91. The third kappa shape index (κ3) is 1.42. The molecular formula is C10H11ClO3. The van der Waals surface area contributed by atoms with E-state index in [2.05, 4.69) is 0 Å². The number of hydrogen-bond donors (Lipinski definition) is 1. The van der Waals surface area contributed by atoms with Crippen LogP contribution in [0.4, 0.5) is 0 Å². The third-order valence-corrected chi connectivity index (χ3v) is 2.68. The number of halogens is 1. The lowest BCUT2D eigenvalue weighted by Crippen LogP contribution is -1.97. The molecule has 1 N–H and O–H groups in total. The van der Waals surface area contributed by atoms with Gasteiger partial charge in [-0.2, -0.15) is 0 Å². The molecule has 76 valence electrons. The van der Waals surface area contributed by atoms with E-state index in [4.69, 9.17) is 26.2 Å². The van der Waals surface area contributed by atoms with Gasteiger partial charge in [0.15, 0.2) is 11.5 Å². The van der Waals surface area contributed by atoms with E-state index >= 15 is 0 Å². The minimum absolute atomic E-state index is 0.0835. The van der Waals surface area contributed by atoms with Gasteiger partial charge in [-0.15, -0.1) is 0 Å². The van der Waals surface area contributed by atoms with Crippen molar-refractivity contribution in [3.8, 4) is 11.5 Å². The topological polar surface area (TPSA) is 38.7 Å². The molecule has 0 saturated heterocycles. The lowest BCUT2D eigenvalue weighted by atomic mass is 10.0. The van der Waals surface area contributed by atoms with Crippen molar-refractivity contribution >= 4 is 11.6 Å². The Morgan fingerprint density at radius 3 is 3.00 bits per heavy atom. The molecule has 0 spiro atoms. The molecule has 0 aromatic heterocycles. The van der Waals surface area contributed by atoms with Gasteiger partial charge >= 0.3 is 0 Å². The average Bonchev–Trinajstić information content (AvgIpc) is 2.60. The van der Waals surface area contributed by atoms with Gasteiger partial charge in [0, 0.05) is 17.7 Å². The monoisotopic (exact) mass is 214 g/mol. The van der Waals surface area contributed by atoms with Crippen molar-refractivity contribution in [2.45, 2.75) is 13.3 Å². The molecule has 0 saturated carbocycles. The van der Waals surface area contributed by atoms with Crippen LogP contribution in [0.5, 0.6) is 11.5 Å². The SMILES string of the molecule is Cc1c(CCO)c(Cl)cc2c1OCO2. The van der Waals surface area contributed by atoms with Crippen LogP contribution in [0.3, 0.4) is 0 Å². The lowest BCUT2D eigenvalue weighted by molar-refractivity contribution is 0.173. The van der Waals surface area contributed by atoms with Crippen LogP contribution in [0.1, 0.15) is 11.1 Å². The second-order valence-electron chi connectivity index (χ2n) is 3.17. The molecule has 1 heterocycles. The van der Waals surface area contributed by atoms with Gasteiger partial charge in [-0.1, -0.05) is 11.6 Å². The number of fused-ring (bicyclic) bond motifs is 1. The number of benzene rings is 1. The van der Waals surface area contributed by atoms with Crippen LogP contribution < -0.4 is 9.47 Å². The Morgan fingerprint density at radius 2 is 2.29 bits per heavy atom. The zero-order valence-electron chi connectivity index (χ0n) is 7.84. The number of aliphatic hydroxyl groups excluding tert-OH is 1. The van der Waals surface area contributed by atoms with Crippen LogP contribution in [0.2, 0.25) is 5.02 Å². The summed E-state index contributed by atoms with van der Waals surface area (Å²) in [7, 11) is 0. The second kappa shape index (κ2) is 3.67. The molecule has 0 unspecified atom stereocenters. The molecule has 14 heavy (non-hydrogen) atoms. The highest BCUT2D eigenvalue weighted by molar-refractivity contribution is 6.31. The Balaban J connectivity index is 2.51. The smallest absolute Gasteiger partial charge is 0.231 e. The first-order chi connectivity index (χ1) is 6.74. The molecule has 0 atom stereocenters. The molecule has 3 nitrogen and oxygen atoms in total. The van der Waals surface area contributed by atoms with Crippen LogP contribution in [-0.2, 0) is 6.42 Å². The van der Waals surface area contributed by atoms with E-state index < -0.39 is 0 Å². The van der Waals surface area contributed by atoms with Gasteiger partial charge < -0.3 is 14.6 Å². The first-order valence-corrected chi connectivity index (χ1v) is 4.80. The molecule has 0 aliphatic carbocycles. The summed E-state index contributed by atoms with van der Waals surface area (Å²) >= 11 is 6.05. The standard InChI is InChI=1S/C10H11ClO3/c1-6-7(2-3-12)8(11)4-9-10(6)14-5-13-9/h4,12H,2-3,5H2,1H3. The zero-order chi connectivity index (χ0) is 10.1. The van der Waals surface area contributed by atoms with Crippen molar-refractivity contribution < 1.29 is 14.6 Å². The highest BCUT2D eigenvalue weighted by Gasteiger charge is 2.20. The molecule has 1 aliphatic heterocycles. The molecule has 0 fully saturated rings. The first-order valence-electron chi connectivity index (χ1n) is 4.42. The van der Waals surface area contributed by atoms with Crippen molar-refractivity contribution in [3.05, 3.63) is 22.2 Å². The molecule has 0 bridgehead atoms. The minimum Gasteiger partial charge on any atom is -0.454 e. The number of hydrogen-bond acceptors (Lipinski definition) is 3. The quantitative estimate of drug-likeness (QED) is 0.818. The van der Waals surface area contributed by atoms with E-state index in [1.807, 2.05) is 6.92 Å². The van der Waals surface area contributed by atoms with Crippen molar-refractivity contribution in [2.24, 2.45) is 0 Å². The van der Waals surface area contributed by atoms with E-state index in [-0.39, 0.29) is 13.4 Å². The van der Waals surface area contributed by atoms with E-state index in [0.717, 1.165) is 16.9 Å². The van der Waals surface area contributed by atoms with Crippen LogP contribution in [0, 0.1) is 6.92 Å². The highest BCUT2D eigenvalue weighted by atomic mass is 35.5. The number of aliphatic hydroxyl groups is 1. The summed E-state index contributed by atoms with van der Waals surface area (Å²) in [6.07, 6.45) is 0.543. The second-order valence-corrected chi connectivity index (χ2v) is 3.58. The van der Waals surface area contributed by atoms with Crippen molar-refractivity contribution in [3.63, 3.8) is 0 Å². The first kappa shape index (κ1) is 9.62. The third-order valence-electron chi connectivity index (χ3n) is 2.34. The molecule has 4 heteroatoms. The summed E-state index contributed by atoms with van der Waals surface area (Å²) in [5, 5.41) is 9.51. The molecule has 1 aromatic carbocycles. The fourth-order valence-corrected chi connectivity index (χ4v) is 1.96. The summed E-state index contributed by atoms with van der Waals surface area (Å²) in [5.41, 5.74) is 1.89. The summed E-state index contributed by atoms with van der Waals surface area (Å²) in [5.74, 6) is 1.44. The van der Waals surface area contributed by atoms with Crippen LogP contribution in [0.15, 0.2) is 6.07 Å². The fourth-order valence-electron chi connectivity index (χ4n) is 1.63. The van der Waals surface area contributed by atoms with Gasteiger partial charge in [0.2, 0.25) is 6.79 Å². The van der Waals surface area contributed by atoms with Crippen molar-refractivity contribution in [2.75, 3.05) is 13.4 Å². The Bertz CT molecular complexity index is 363. The maximum atomic E-state index is 8.89. The normalized spacial score (nSPS) is 13.4. The van der Waals surface area contributed by atoms with Crippen LogP contribution in [-0.4, -0.2) is 18.5 Å². The van der Waals surface area contributed by atoms with E-state index in [1.165, 1.54) is 0 Å². The number of rotatable bonds is 2. The molecule has 1 aromatic rings. The molecule has 2 rings (SSSR count). The number of ether oxygens (including phenoxy) is 2. The Morgan fingerprint density at radius 1 is 1.50 bits per heavy atom. The summed E-state index contributed by atoms with van der Waals surface area (Å²) < 4.78 is 10.5. The van der Waals surface area contributed by atoms with Gasteiger partial charge in [-0.05, 0) is 24.5 Å². The van der Waals surface area contributed by atoms with Gasteiger partial charge in [0.1, 0.15) is 0 Å². The van der Waals surface area contributed by atoms with Crippen LogP contribution in [0.25, 0.3) is 0 Å². The summed E-state index contributed by atoms with van der Waals surface area (Å²) in [4.78, 5) is 0. The van der Waals surface area contributed by atoms with Crippen LogP contribution >= 0.6 is 11.6 Å².